The third kappa shape index (κ3) is 3.56. The van der Waals surface area contributed by atoms with Gasteiger partial charge in [0, 0.05) is 16.0 Å². The standard InChI is InChI=1S/C22H19F3OS/c1-15(2)27(26)22(16-3-9-19(23)10-4-16,17-5-11-20(24)12-6-17)18-7-13-21(25)14-8-18/h3-15H,1-2H3. The van der Waals surface area contributed by atoms with Gasteiger partial charge >= 0.3 is 0 Å². The van der Waals surface area contributed by atoms with Gasteiger partial charge in [-0.2, -0.15) is 0 Å². The second kappa shape index (κ2) is 7.69. The second-order valence-corrected chi connectivity index (χ2v) is 8.70. The van der Waals surface area contributed by atoms with Gasteiger partial charge in [0.15, 0.2) is 0 Å². The zero-order chi connectivity index (χ0) is 19.6. The van der Waals surface area contributed by atoms with Gasteiger partial charge < -0.3 is 0 Å². The number of benzene rings is 3. The summed E-state index contributed by atoms with van der Waals surface area (Å²) in [7, 11) is -1.51. The minimum atomic E-state index is -1.51. The third-order valence-electron chi connectivity index (χ3n) is 4.48. The molecule has 0 bridgehead atoms. The highest BCUT2D eigenvalue weighted by Crippen LogP contribution is 2.44. The minimum Gasteiger partial charge on any atom is -0.258 e. The lowest BCUT2D eigenvalue weighted by molar-refractivity contribution is 0.620. The first-order valence-corrected chi connectivity index (χ1v) is 9.76. The summed E-state index contributed by atoms with van der Waals surface area (Å²) in [6.45, 7) is 3.64. The van der Waals surface area contributed by atoms with Crippen LogP contribution in [-0.4, -0.2) is 9.46 Å². The van der Waals surface area contributed by atoms with E-state index in [-0.39, 0.29) is 5.25 Å². The second-order valence-electron chi connectivity index (χ2n) is 6.55. The molecule has 0 aliphatic rings. The molecule has 0 aliphatic carbocycles. The molecule has 5 heteroatoms. The van der Waals surface area contributed by atoms with E-state index in [2.05, 4.69) is 0 Å². The monoisotopic (exact) mass is 388 g/mol. The van der Waals surface area contributed by atoms with Gasteiger partial charge in [-0.25, -0.2) is 13.2 Å². The lowest BCUT2D eigenvalue weighted by atomic mass is 9.84. The molecular weight excluding hydrogens is 369 g/mol. The summed E-state index contributed by atoms with van der Waals surface area (Å²) in [6.07, 6.45) is 0. The summed E-state index contributed by atoms with van der Waals surface area (Å²) < 4.78 is 53.2. The van der Waals surface area contributed by atoms with E-state index in [4.69, 9.17) is 0 Å². The summed E-state index contributed by atoms with van der Waals surface area (Å²) >= 11 is 0. The molecule has 0 heterocycles. The Morgan fingerprint density at radius 1 is 0.630 bits per heavy atom. The van der Waals surface area contributed by atoms with Crippen LogP contribution in [0.1, 0.15) is 30.5 Å². The van der Waals surface area contributed by atoms with Crippen LogP contribution in [0.25, 0.3) is 0 Å². The van der Waals surface area contributed by atoms with Crippen molar-refractivity contribution in [3.63, 3.8) is 0 Å². The highest BCUT2D eigenvalue weighted by atomic mass is 32.2. The van der Waals surface area contributed by atoms with Gasteiger partial charge in [0.2, 0.25) is 0 Å². The van der Waals surface area contributed by atoms with Crippen molar-refractivity contribution in [1.29, 1.82) is 0 Å². The Bertz CT molecular complexity index is 822. The number of rotatable bonds is 5. The van der Waals surface area contributed by atoms with Gasteiger partial charge in [0.05, 0.1) is 0 Å². The highest BCUT2D eigenvalue weighted by Gasteiger charge is 2.43. The van der Waals surface area contributed by atoms with Crippen LogP contribution < -0.4 is 0 Å². The Kier molecular flexibility index (Phi) is 5.51. The van der Waals surface area contributed by atoms with E-state index < -0.39 is 33.0 Å². The first-order chi connectivity index (χ1) is 12.9. The van der Waals surface area contributed by atoms with E-state index in [0.717, 1.165) is 0 Å². The molecule has 0 N–H and O–H groups in total. The van der Waals surface area contributed by atoms with Crippen molar-refractivity contribution in [2.45, 2.75) is 23.8 Å². The Balaban J connectivity index is 2.40. The van der Waals surface area contributed by atoms with Gasteiger partial charge in [-0.05, 0) is 53.1 Å². The predicted octanol–water partition coefficient (Wildman–Crippen LogP) is 5.55. The van der Waals surface area contributed by atoms with Gasteiger partial charge in [-0.15, -0.1) is 0 Å². The molecule has 0 fully saturated rings. The smallest absolute Gasteiger partial charge is 0.123 e. The summed E-state index contributed by atoms with van der Waals surface area (Å²) in [5.74, 6) is -1.25. The molecule has 1 nitrogen and oxygen atoms in total. The first-order valence-electron chi connectivity index (χ1n) is 8.54. The van der Waals surface area contributed by atoms with Gasteiger partial charge in [-0.1, -0.05) is 50.2 Å². The molecule has 0 amide bonds. The zero-order valence-electron chi connectivity index (χ0n) is 15.0. The average Bonchev–Trinajstić information content (AvgIpc) is 2.66. The quantitative estimate of drug-likeness (QED) is 0.524. The molecule has 3 rings (SSSR count). The van der Waals surface area contributed by atoms with E-state index >= 15 is 0 Å². The fraction of sp³-hybridized carbons (Fsp3) is 0.182. The van der Waals surface area contributed by atoms with Gasteiger partial charge in [0.25, 0.3) is 0 Å². The lowest BCUT2D eigenvalue weighted by Crippen LogP contribution is -2.38. The molecule has 0 saturated carbocycles. The van der Waals surface area contributed by atoms with Crippen molar-refractivity contribution >= 4 is 10.8 Å². The maximum absolute atomic E-state index is 13.7. The fourth-order valence-corrected chi connectivity index (χ4v) is 5.07. The van der Waals surface area contributed by atoms with E-state index in [1.54, 1.807) is 36.4 Å². The normalized spacial score (nSPS) is 13.0. The van der Waals surface area contributed by atoms with Crippen LogP contribution in [0.5, 0.6) is 0 Å². The molecule has 3 aromatic rings. The first kappa shape index (κ1) is 19.4. The van der Waals surface area contributed by atoms with Crippen LogP contribution in [0.4, 0.5) is 13.2 Å². The topological polar surface area (TPSA) is 17.1 Å². The number of hydrogen-bond donors (Lipinski definition) is 0. The van der Waals surface area contributed by atoms with Crippen molar-refractivity contribution < 1.29 is 17.4 Å². The lowest BCUT2D eigenvalue weighted by Gasteiger charge is -2.36. The van der Waals surface area contributed by atoms with E-state index in [1.807, 2.05) is 13.8 Å². The maximum atomic E-state index is 13.7. The van der Waals surface area contributed by atoms with Crippen LogP contribution >= 0.6 is 0 Å². The van der Waals surface area contributed by atoms with E-state index in [1.165, 1.54) is 36.4 Å². The van der Waals surface area contributed by atoms with Crippen molar-refractivity contribution in [3.8, 4) is 0 Å². The molecule has 1 unspecified atom stereocenters. The molecule has 140 valence electrons. The Labute approximate surface area is 159 Å². The number of halogens is 3. The maximum Gasteiger partial charge on any atom is 0.123 e. The largest absolute Gasteiger partial charge is 0.258 e. The molecule has 0 radical (unpaired) electrons. The predicted molar refractivity (Wildman–Crippen MR) is 102 cm³/mol. The zero-order valence-corrected chi connectivity index (χ0v) is 15.8. The van der Waals surface area contributed by atoms with Gasteiger partial charge in [-0.3, -0.25) is 4.21 Å². The van der Waals surface area contributed by atoms with Crippen LogP contribution in [-0.2, 0) is 15.5 Å². The molecule has 0 aromatic heterocycles. The summed E-state index contributed by atoms with van der Waals surface area (Å²) in [6, 6.07) is 17.2. The van der Waals surface area contributed by atoms with E-state index in [0.29, 0.717) is 16.7 Å². The van der Waals surface area contributed by atoms with Crippen LogP contribution in [0.3, 0.4) is 0 Å². The Morgan fingerprint density at radius 3 is 1.11 bits per heavy atom. The molecule has 1 atom stereocenters. The summed E-state index contributed by atoms with van der Waals surface area (Å²) in [4.78, 5) is 0. The Morgan fingerprint density at radius 2 is 0.889 bits per heavy atom. The average molecular weight is 388 g/mol. The fourth-order valence-electron chi connectivity index (χ4n) is 3.26. The van der Waals surface area contributed by atoms with Crippen molar-refractivity contribution in [2.75, 3.05) is 0 Å². The van der Waals surface area contributed by atoms with E-state index in [9.17, 15) is 17.4 Å². The van der Waals surface area contributed by atoms with Gasteiger partial charge in [0.1, 0.15) is 22.2 Å². The third-order valence-corrected chi connectivity index (χ3v) is 6.65. The highest BCUT2D eigenvalue weighted by molar-refractivity contribution is 7.87. The van der Waals surface area contributed by atoms with Crippen LogP contribution in [0, 0.1) is 17.5 Å². The van der Waals surface area contributed by atoms with Crippen molar-refractivity contribution in [3.05, 3.63) is 107 Å². The molecular formula is C22H19F3OS. The summed E-state index contributed by atoms with van der Waals surface area (Å²) in [5, 5.41) is -0.259. The molecule has 0 saturated heterocycles. The molecule has 0 aliphatic heterocycles. The molecule has 27 heavy (non-hydrogen) atoms. The van der Waals surface area contributed by atoms with Crippen LogP contribution in [0.2, 0.25) is 0 Å². The SMILES string of the molecule is CC(C)S(=O)C(c1ccc(F)cc1)(c1ccc(F)cc1)c1ccc(F)cc1. The molecule has 3 aromatic carbocycles. The number of hydrogen-bond acceptors (Lipinski definition) is 1. The molecule has 0 spiro atoms. The summed E-state index contributed by atoms with van der Waals surface area (Å²) in [5.41, 5.74) is 1.78. The van der Waals surface area contributed by atoms with Crippen molar-refractivity contribution in [2.24, 2.45) is 0 Å². The van der Waals surface area contributed by atoms with Crippen LogP contribution in [0.15, 0.2) is 72.8 Å². The van der Waals surface area contributed by atoms with Crippen molar-refractivity contribution in [1.82, 2.24) is 0 Å². The minimum absolute atomic E-state index is 0.259. The Hall–Kier alpha value is -2.40.